The fourth-order valence-electron chi connectivity index (χ4n) is 2.70. The SMILES string of the molecule is C=CCC[C@@H](c1ccc(F)c(C)c1)N1CCNCC1. The van der Waals surface area contributed by atoms with Gasteiger partial charge in [-0.1, -0.05) is 18.2 Å². The highest BCUT2D eigenvalue weighted by Crippen LogP contribution is 2.27. The number of hydrogen-bond donors (Lipinski definition) is 1. The Hall–Kier alpha value is -1.19. The zero-order chi connectivity index (χ0) is 13.7. The lowest BCUT2D eigenvalue weighted by molar-refractivity contribution is 0.166. The van der Waals surface area contributed by atoms with Crippen molar-refractivity contribution in [3.8, 4) is 0 Å². The smallest absolute Gasteiger partial charge is 0.126 e. The molecule has 0 radical (unpaired) electrons. The Kier molecular flexibility index (Phi) is 5.11. The van der Waals surface area contributed by atoms with E-state index in [4.69, 9.17) is 0 Å². The highest BCUT2D eigenvalue weighted by molar-refractivity contribution is 5.26. The van der Waals surface area contributed by atoms with Gasteiger partial charge in [0, 0.05) is 32.2 Å². The standard InChI is InChI=1S/C16H23FN2/c1-3-4-5-16(19-10-8-18-9-11-19)14-6-7-15(17)13(2)12-14/h3,6-7,12,16,18H,1,4-5,8-11H2,2H3/t16-/m0/s1. The van der Waals surface area contributed by atoms with Crippen molar-refractivity contribution < 1.29 is 4.39 Å². The summed E-state index contributed by atoms with van der Waals surface area (Å²) in [5.41, 5.74) is 1.96. The predicted molar refractivity (Wildman–Crippen MR) is 77.8 cm³/mol. The maximum Gasteiger partial charge on any atom is 0.126 e. The van der Waals surface area contributed by atoms with E-state index in [0.29, 0.717) is 6.04 Å². The summed E-state index contributed by atoms with van der Waals surface area (Å²) < 4.78 is 13.4. The molecule has 104 valence electrons. The molecule has 2 nitrogen and oxygen atoms in total. The van der Waals surface area contributed by atoms with Crippen molar-refractivity contribution in [1.29, 1.82) is 0 Å². The van der Waals surface area contributed by atoms with E-state index in [9.17, 15) is 4.39 Å². The van der Waals surface area contributed by atoms with Crippen LogP contribution in [0.5, 0.6) is 0 Å². The van der Waals surface area contributed by atoms with E-state index < -0.39 is 0 Å². The van der Waals surface area contributed by atoms with E-state index in [1.54, 1.807) is 6.07 Å². The van der Waals surface area contributed by atoms with Crippen LogP contribution in [-0.2, 0) is 0 Å². The molecule has 1 aliphatic heterocycles. The number of nitrogens with zero attached hydrogens (tertiary/aromatic N) is 1. The van der Waals surface area contributed by atoms with Crippen LogP contribution >= 0.6 is 0 Å². The number of piperazine rings is 1. The molecule has 1 aromatic rings. The molecule has 1 N–H and O–H groups in total. The predicted octanol–water partition coefficient (Wildman–Crippen LogP) is 3.05. The first-order valence-electron chi connectivity index (χ1n) is 7.04. The van der Waals surface area contributed by atoms with E-state index >= 15 is 0 Å². The topological polar surface area (TPSA) is 15.3 Å². The van der Waals surface area contributed by atoms with Gasteiger partial charge >= 0.3 is 0 Å². The van der Waals surface area contributed by atoms with Gasteiger partial charge in [0.05, 0.1) is 0 Å². The largest absolute Gasteiger partial charge is 0.314 e. The second-order valence-electron chi connectivity index (χ2n) is 5.18. The maximum atomic E-state index is 13.4. The normalized spacial score (nSPS) is 18.2. The first kappa shape index (κ1) is 14.2. The third-order valence-corrected chi connectivity index (χ3v) is 3.80. The fraction of sp³-hybridized carbons (Fsp3) is 0.500. The Bertz CT molecular complexity index is 425. The molecule has 0 amide bonds. The third kappa shape index (κ3) is 3.64. The van der Waals surface area contributed by atoms with Gasteiger partial charge in [0.15, 0.2) is 0 Å². The molecule has 1 aliphatic rings. The van der Waals surface area contributed by atoms with E-state index in [-0.39, 0.29) is 5.82 Å². The minimum atomic E-state index is -0.119. The van der Waals surface area contributed by atoms with Gasteiger partial charge in [0.1, 0.15) is 5.82 Å². The van der Waals surface area contributed by atoms with Crippen LogP contribution in [0.4, 0.5) is 4.39 Å². The van der Waals surface area contributed by atoms with Crippen LogP contribution in [0, 0.1) is 12.7 Å². The number of allylic oxidation sites excluding steroid dienone is 1. The van der Waals surface area contributed by atoms with Gasteiger partial charge in [-0.15, -0.1) is 6.58 Å². The van der Waals surface area contributed by atoms with Gasteiger partial charge in [0.25, 0.3) is 0 Å². The lowest BCUT2D eigenvalue weighted by Crippen LogP contribution is -2.45. The molecule has 0 aliphatic carbocycles. The summed E-state index contributed by atoms with van der Waals surface area (Å²) in [5.74, 6) is -0.119. The highest BCUT2D eigenvalue weighted by atomic mass is 19.1. The number of benzene rings is 1. The summed E-state index contributed by atoms with van der Waals surface area (Å²) in [6.45, 7) is 9.82. The minimum Gasteiger partial charge on any atom is -0.314 e. The van der Waals surface area contributed by atoms with Crippen molar-refractivity contribution in [2.24, 2.45) is 0 Å². The van der Waals surface area contributed by atoms with Crippen LogP contribution in [-0.4, -0.2) is 31.1 Å². The van der Waals surface area contributed by atoms with Crippen LogP contribution in [0.1, 0.15) is 30.0 Å². The molecule has 2 rings (SSSR count). The molecule has 0 spiro atoms. The van der Waals surface area contributed by atoms with E-state index in [1.165, 1.54) is 5.56 Å². The summed E-state index contributed by atoms with van der Waals surface area (Å²) in [7, 11) is 0. The molecule has 1 fully saturated rings. The Morgan fingerprint density at radius 3 is 2.79 bits per heavy atom. The number of nitrogens with one attached hydrogen (secondary N) is 1. The molecule has 0 bridgehead atoms. The van der Waals surface area contributed by atoms with Crippen LogP contribution < -0.4 is 5.32 Å². The fourth-order valence-corrected chi connectivity index (χ4v) is 2.70. The highest BCUT2D eigenvalue weighted by Gasteiger charge is 2.21. The van der Waals surface area contributed by atoms with E-state index in [0.717, 1.165) is 44.6 Å². The second kappa shape index (κ2) is 6.83. The van der Waals surface area contributed by atoms with Crippen molar-refractivity contribution in [3.05, 3.63) is 47.8 Å². The molecule has 1 aromatic carbocycles. The van der Waals surface area contributed by atoms with Crippen LogP contribution in [0.3, 0.4) is 0 Å². The number of halogens is 1. The van der Waals surface area contributed by atoms with Gasteiger partial charge in [-0.3, -0.25) is 4.90 Å². The Balaban J connectivity index is 2.19. The molecule has 0 unspecified atom stereocenters. The lowest BCUT2D eigenvalue weighted by Gasteiger charge is -2.35. The molecule has 3 heteroatoms. The van der Waals surface area contributed by atoms with Crippen molar-refractivity contribution in [2.45, 2.75) is 25.8 Å². The average Bonchev–Trinajstić information content (AvgIpc) is 2.44. The van der Waals surface area contributed by atoms with Gasteiger partial charge in [-0.2, -0.15) is 0 Å². The van der Waals surface area contributed by atoms with Crippen LogP contribution in [0.2, 0.25) is 0 Å². The first-order chi connectivity index (χ1) is 9.22. The number of rotatable bonds is 5. The zero-order valence-corrected chi connectivity index (χ0v) is 11.7. The summed E-state index contributed by atoms with van der Waals surface area (Å²) >= 11 is 0. The maximum absolute atomic E-state index is 13.4. The zero-order valence-electron chi connectivity index (χ0n) is 11.7. The van der Waals surface area contributed by atoms with Crippen molar-refractivity contribution in [2.75, 3.05) is 26.2 Å². The van der Waals surface area contributed by atoms with Gasteiger partial charge in [-0.05, 0) is 37.0 Å². The lowest BCUT2D eigenvalue weighted by atomic mass is 9.97. The van der Waals surface area contributed by atoms with Crippen LogP contribution in [0.25, 0.3) is 0 Å². The van der Waals surface area contributed by atoms with Gasteiger partial charge in [-0.25, -0.2) is 4.39 Å². The Morgan fingerprint density at radius 1 is 1.42 bits per heavy atom. The Morgan fingerprint density at radius 2 is 2.16 bits per heavy atom. The minimum absolute atomic E-state index is 0.119. The Labute approximate surface area is 115 Å². The summed E-state index contributed by atoms with van der Waals surface area (Å²) in [5, 5.41) is 3.38. The molecule has 1 atom stereocenters. The van der Waals surface area contributed by atoms with Crippen molar-refractivity contribution >= 4 is 0 Å². The monoisotopic (exact) mass is 262 g/mol. The first-order valence-corrected chi connectivity index (χ1v) is 7.04. The number of hydrogen-bond acceptors (Lipinski definition) is 2. The third-order valence-electron chi connectivity index (χ3n) is 3.80. The molecule has 1 heterocycles. The van der Waals surface area contributed by atoms with Gasteiger partial charge < -0.3 is 5.32 Å². The second-order valence-corrected chi connectivity index (χ2v) is 5.18. The van der Waals surface area contributed by atoms with Gasteiger partial charge in [0.2, 0.25) is 0 Å². The molecule has 0 saturated carbocycles. The molecule has 0 aromatic heterocycles. The van der Waals surface area contributed by atoms with Crippen molar-refractivity contribution in [3.63, 3.8) is 0 Å². The molecular formula is C16H23FN2. The summed E-state index contributed by atoms with van der Waals surface area (Å²) in [6, 6.07) is 5.89. The van der Waals surface area contributed by atoms with Crippen LogP contribution in [0.15, 0.2) is 30.9 Å². The quantitative estimate of drug-likeness (QED) is 0.821. The van der Waals surface area contributed by atoms with E-state index in [2.05, 4.69) is 16.8 Å². The molecule has 1 saturated heterocycles. The van der Waals surface area contributed by atoms with E-state index in [1.807, 2.05) is 25.1 Å². The average molecular weight is 262 g/mol. The molecular weight excluding hydrogens is 239 g/mol. The summed E-state index contributed by atoms with van der Waals surface area (Å²) in [4.78, 5) is 2.49. The number of aryl methyl sites for hydroxylation is 1. The molecule has 19 heavy (non-hydrogen) atoms. The summed E-state index contributed by atoms with van der Waals surface area (Å²) in [6.07, 6.45) is 4.01. The van der Waals surface area contributed by atoms with Crippen molar-refractivity contribution in [1.82, 2.24) is 10.2 Å².